The zero-order chi connectivity index (χ0) is 17.5. The first kappa shape index (κ1) is 17.5. The Balaban J connectivity index is 1.81. The van der Waals surface area contributed by atoms with Crippen molar-refractivity contribution in [2.75, 3.05) is 6.61 Å². The topological polar surface area (TPSA) is 67.4 Å². The molecule has 0 spiro atoms. The van der Waals surface area contributed by atoms with E-state index in [-0.39, 0.29) is 12.5 Å². The Morgan fingerprint density at radius 1 is 1.04 bits per heavy atom. The van der Waals surface area contributed by atoms with Gasteiger partial charge < -0.3 is 4.74 Å². The average Bonchev–Trinajstić information content (AvgIpc) is 2.58. The van der Waals surface area contributed by atoms with Crippen LogP contribution in [-0.2, 0) is 4.79 Å². The fourth-order valence-electron chi connectivity index (χ4n) is 2.36. The monoisotopic (exact) mass is 326 g/mol. The summed E-state index contributed by atoms with van der Waals surface area (Å²) in [5.41, 5.74) is 7.53. The molecule has 0 aliphatic carbocycles. The Labute approximate surface area is 142 Å². The van der Waals surface area contributed by atoms with Gasteiger partial charge in [0.25, 0.3) is 11.8 Å². The quantitative estimate of drug-likeness (QED) is 0.830. The van der Waals surface area contributed by atoms with Gasteiger partial charge in [0.05, 0.1) is 0 Å². The van der Waals surface area contributed by atoms with Crippen molar-refractivity contribution >= 4 is 11.8 Å². The van der Waals surface area contributed by atoms with Gasteiger partial charge in [-0.25, -0.2) is 0 Å². The van der Waals surface area contributed by atoms with Crippen molar-refractivity contribution in [1.29, 1.82) is 0 Å². The van der Waals surface area contributed by atoms with E-state index in [1.807, 2.05) is 31.2 Å². The Morgan fingerprint density at radius 2 is 1.75 bits per heavy atom. The maximum atomic E-state index is 11.8. The molecule has 5 nitrogen and oxygen atoms in total. The minimum atomic E-state index is -0.426. The summed E-state index contributed by atoms with van der Waals surface area (Å²) in [5, 5.41) is 0. The van der Waals surface area contributed by atoms with Crippen LogP contribution in [0.1, 0.15) is 41.3 Å². The highest BCUT2D eigenvalue weighted by atomic mass is 16.5. The molecule has 0 atom stereocenters. The smallest absolute Gasteiger partial charge is 0.276 e. The summed E-state index contributed by atoms with van der Waals surface area (Å²) in [4.78, 5) is 23.6. The molecule has 2 aromatic carbocycles. The van der Waals surface area contributed by atoms with Gasteiger partial charge in [-0.1, -0.05) is 38.1 Å². The molecular weight excluding hydrogens is 304 g/mol. The van der Waals surface area contributed by atoms with Gasteiger partial charge in [-0.3, -0.25) is 20.4 Å². The molecule has 0 heterocycles. The number of benzene rings is 2. The van der Waals surface area contributed by atoms with Crippen LogP contribution < -0.4 is 15.6 Å². The number of amides is 2. The normalized spacial score (nSPS) is 10.3. The van der Waals surface area contributed by atoms with E-state index in [2.05, 4.69) is 24.7 Å². The predicted molar refractivity (Wildman–Crippen MR) is 92.8 cm³/mol. The maximum Gasteiger partial charge on any atom is 0.276 e. The Bertz CT molecular complexity index is 712. The van der Waals surface area contributed by atoms with E-state index in [9.17, 15) is 9.59 Å². The number of hydrazine groups is 1. The first-order chi connectivity index (χ1) is 11.5. The summed E-state index contributed by atoms with van der Waals surface area (Å²) < 4.78 is 5.46. The summed E-state index contributed by atoms with van der Waals surface area (Å²) >= 11 is 0. The van der Waals surface area contributed by atoms with Crippen LogP contribution in [0.2, 0.25) is 0 Å². The number of hydrogen-bond donors (Lipinski definition) is 2. The lowest BCUT2D eigenvalue weighted by molar-refractivity contribution is -0.123. The van der Waals surface area contributed by atoms with Crippen molar-refractivity contribution in [2.45, 2.75) is 26.7 Å². The van der Waals surface area contributed by atoms with Gasteiger partial charge in [0.2, 0.25) is 0 Å². The zero-order valence-electron chi connectivity index (χ0n) is 14.1. The third-order valence-corrected chi connectivity index (χ3v) is 3.58. The summed E-state index contributed by atoms with van der Waals surface area (Å²) in [7, 11) is 0. The second-order valence-electron chi connectivity index (χ2n) is 5.83. The molecule has 0 aromatic heterocycles. The minimum Gasteiger partial charge on any atom is -0.484 e. The molecule has 24 heavy (non-hydrogen) atoms. The molecule has 2 N–H and O–H groups in total. The molecular formula is C19H22N2O3. The van der Waals surface area contributed by atoms with E-state index in [4.69, 9.17) is 4.74 Å². The van der Waals surface area contributed by atoms with E-state index in [1.54, 1.807) is 24.3 Å². The predicted octanol–water partition coefficient (Wildman–Crippen LogP) is 2.96. The van der Waals surface area contributed by atoms with Crippen molar-refractivity contribution in [3.8, 4) is 5.75 Å². The number of nitrogens with one attached hydrogen (secondary N) is 2. The van der Waals surface area contributed by atoms with Crippen molar-refractivity contribution in [2.24, 2.45) is 0 Å². The van der Waals surface area contributed by atoms with Crippen LogP contribution in [0.15, 0.2) is 48.5 Å². The standard InChI is InChI=1S/C19H22N2O3/c1-13(2)17-10-9-16(11-14(17)3)24-12-18(22)20-21-19(23)15-7-5-4-6-8-15/h4-11,13H,12H2,1-3H3,(H,20,22)(H,21,23). The molecule has 0 unspecified atom stereocenters. The Hall–Kier alpha value is -2.82. The van der Waals surface area contributed by atoms with Crippen LogP contribution in [0.3, 0.4) is 0 Å². The number of carbonyl (C=O) groups excluding carboxylic acids is 2. The molecule has 0 aliphatic heterocycles. The molecule has 0 aliphatic rings. The minimum absolute atomic E-state index is 0.171. The summed E-state index contributed by atoms with van der Waals surface area (Å²) in [6.45, 7) is 6.11. The molecule has 0 bridgehead atoms. The van der Waals surface area contributed by atoms with E-state index in [0.717, 1.165) is 5.56 Å². The fourth-order valence-corrected chi connectivity index (χ4v) is 2.36. The lowest BCUT2D eigenvalue weighted by atomic mass is 9.98. The van der Waals surface area contributed by atoms with Gasteiger partial charge in [-0.15, -0.1) is 0 Å². The molecule has 2 aromatic rings. The van der Waals surface area contributed by atoms with E-state index < -0.39 is 5.91 Å². The first-order valence-electron chi connectivity index (χ1n) is 7.85. The van der Waals surface area contributed by atoms with Gasteiger partial charge in [0, 0.05) is 5.56 Å². The molecule has 5 heteroatoms. The Kier molecular flexibility index (Phi) is 5.95. The van der Waals surface area contributed by atoms with Crippen molar-refractivity contribution in [3.05, 3.63) is 65.2 Å². The van der Waals surface area contributed by atoms with Gasteiger partial charge in [0.1, 0.15) is 5.75 Å². The van der Waals surface area contributed by atoms with Gasteiger partial charge >= 0.3 is 0 Å². The van der Waals surface area contributed by atoms with Gasteiger partial charge in [-0.05, 0) is 48.2 Å². The van der Waals surface area contributed by atoms with Crippen LogP contribution in [0, 0.1) is 6.92 Å². The second kappa shape index (κ2) is 8.15. The third-order valence-electron chi connectivity index (χ3n) is 3.58. The Morgan fingerprint density at radius 3 is 2.38 bits per heavy atom. The summed E-state index contributed by atoms with van der Waals surface area (Å²) in [6.07, 6.45) is 0. The van der Waals surface area contributed by atoms with Gasteiger partial charge in [0.15, 0.2) is 6.61 Å². The summed E-state index contributed by atoms with van der Waals surface area (Å²) in [5.74, 6) is 0.267. The van der Waals surface area contributed by atoms with Crippen molar-refractivity contribution in [1.82, 2.24) is 10.9 Å². The highest BCUT2D eigenvalue weighted by molar-refractivity contribution is 5.95. The highest BCUT2D eigenvalue weighted by Gasteiger charge is 2.09. The number of ether oxygens (including phenoxy) is 1. The molecule has 126 valence electrons. The third kappa shape index (κ3) is 4.84. The second-order valence-corrected chi connectivity index (χ2v) is 5.83. The largest absolute Gasteiger partial charge is 0.484 e. The maximum absolute atomic E-state index is 11.8. The van der Waals surface area contributed by atoms with Crippen molar-refractivity contribution in [3.63, 3.8) is 0 Å². The molecule has 2 amide bonds. The van der Waals surface area contributed by atoms with E-state index >= 15 is 0 Å². The van der Waals surface area contributed by atoms with E-state index in [1.165, 1.54) is 5.56 Å². The first-order valence-corrected chi connectivity index (χ1v) is 7.85. The van der Waals surface area contributed by atoms with Crippen LogP contribution in [0.5, 0.6) is 5.75 Å². The number of carbonyl (C=O) groups is 2. The number of hydrogen-bond acceptors (Lipinski definition) is 3. The van der Waals surface area contributed by atoms with E-state index in [0.29, 0.717) is 17.2 Å². The van der Waals surface area contributed by atoms with Crippen LogP contribution in [0.25, 0.3) is 0 Å². The highest BCUT2D eigenvalue weighted by Crippen LogP contribution is 2.23. The summed E-state index contributed by atoms with van der Waals surface area (Å²) in [6, 6.07) is 14.4. The molecule has 0 radical (unpaired) electrons. The lowest BCUT2D eigenvalue weighted by Crippen LogP contribution is -2.43. The molecule has 2 rings (SSSR count). The van der Waals surface area contributed by atoms with Gasteiger partial charge in [-0.2, -0.15) is 0 Å². The zero-order valence-corrected chi connectivity index (χ0v) is 14.1. The SMILES string of the molecule is Cc1cc(OCC(=O)NNC(=O)c2ccccc2)ccc1C(C)C. The molecule has 0 saturated heterocycles. The number of aryl methyl sites for hydroxylation is 1. The van der Waals surface area contributed by atoms with Crippen LogP contribution in [-0.4, -0.2) is 18.4 Å². The van der Waals surface area contributed by atoms with Crippen LogP contribution >= 0.6 is 0 Å². The fraction of sp³-hybridized carbons (Fsp3) is 0.263. The molecule has 0 fully saturated rings. The van der Waals surface area contributed by atoms with Crippen LogP contribution in [0.4, 0.5) is 0 Å². The number of rotatable bonds is 5. The average molecular weight is 326 g/mol. The van der Waals surface area contributed by atoms with Crippen molar-refractivity contribution < 1.29 is 14.3 Å². The lowest BCUT2D eigenvalue weighted by Gasteiger charge is -2.12. The molecule has 0 saturated carbocycles.